The minimum absolute atomic E-state index is 0.0750. The van der Waals surface area contributed by atoms with E-state index in [-0.39, 0.29) is 17.4 Å². The van der Waals surface area contributed by atoms with Crippen LogP contribution in [-0.4, -0.2) is 18.1 Å². The molecule has 1 aliphatic rings. The minimum atomic E-state index is -0.374. The molecule has 1 fully saturated rings. The van der Waals surface area contributed by atoms with Crippen molar-refractivity contribution < 1.29 is 9.53 Å². The first-order valence-corrected chi connectivity index (χ1v) is 7.81. The Balaban J connectivity index is 1.88. The van der Waals surface area contributed by atoms with Crippen molar-refractivity contribution in [2.24, 2.45) is 11.7 Å². The summed E-state index contributed by atoms with van der Waals surface area (Å²) in [4.78, 5) is 12.3. The first-order valence-electron chi connectivity index (χ1n) is 7.81. The zero-order valence-corrected chi connectivity index (χ0v) is 13.0. The molecule has 116 valence electrons. The Morgan fingerprint density at radius 2 is 2.10 bits per heavy atom. The number of carbonyl (C=O) groups excluding carboxylic acids is 1. The highest BCUT2D eigenvalue weighted by molar-refractivity contribution is 5.80. The first-order chi connectivity index (χ1) is 10.0. The lowest BCUT2D eigenvalue weighted by molar-refractivity contribution is -0.128. The number of nitrogens with two attached hydrogens (primary N) is 1. The Labute approximate surface area is 127 Å². The van der Waals surface area contributed by atoms with Gasteiger partial charge in [-0.05, 0) is 44.4 Å². The smallest absolute Gasteiger partial charge is 0.225 e. The van der Waals surface area contributed by atoms with Gasteiger partial charge in [0.05, 0.1) is 12.5 Å². The van der Waals surface area contributed by atoms with Gasteiger partial charge in [0.25, 0.3) is 0 Å². The second-order valence-electron chi connectivity index (χ2n) is 6.10. The molecule has 2 rings (SSSR count). The van der Waals surface area contributed by atoms with Crippen LogP contribution in [0, 0.1) is 5.92 Å². The number of benzene rings is 1. The molecule has 1 aliphatic carbocycles. The van der Waals surface area contributed by atoms with E-state index in [0.717, 1.165) is 37.0 Å². The van der Waals surface area contributed by atoms with Crippen molar-refractivity contribution in [2.75, 3.05) is 6.61 Å². The summed E-state index contributed by atoms with van der Waals surface area (Å²) in [6, 6.07) is 7.82. The van der Waals surface area contributed by atoms with Crippen molar-refractivity contribution in [3.05, 3.63) is 29.8 Å². The Morgan fingerprint density at radius 3 is 2.71 bits per heavy atom. The molecule has 1 amide bonds. The van der Waals surface area contributed by atoms with E-state index >= 15 is 0 Å². The molecule has 1 aromatic rings. The van der Waals surface area contributed by atoms with Crippen molar-refractivity contribution >= 4 is 5.91 Å². The van der Waals surface area contributed by atoms with E-state index in [1.807, 2.05) is 38.1 Å². The number of ether oxygens (including phenoxy) is 1. The molecule has 4 nitrogen and oxygen atoms in total. The summed E-state index contributed by atoms with van der Waals surface area (Å²) in [6.07, 6.45) is 4.03. The Kier molecular flexibility index (Phi) is 5.23. The number of rotatable bonds is 5. The van der Waals surface area contributed by atoms with Gasteiger partial charge >= 0.3 is 0 Å². The quantitative estimate of drug-likeness (QED) is 0.876. The molecule has 3 N–H and O–H groups in total. The topological polar surface area (TPSA) is 64.3 Å². The molecule has 2 atom stereocenters. The number of nitrogens with one attached hydrogen (secondary N) is 1. The van der Waals surface area contributed by atoms with Crippen LogP contribution in [0.2, 0.25) is 0 Å². The summed E-state index contributed by atoms with van der Waals surface area (Å²) >= 11 is 0. The van der Waals surface area contributed by atoms with E-state index in [1.54, 1.807) is 0 Å². The van der Waals surface area contributed by atoms with Gasteiger partial charge in [-0.25, -0.2) is 0 Å². The predicted octanol–water partition coefficient (Wildman–Crippen LogP) is 2.61. The van der Waals surface area contributed by atoms with E-state index < -0.39 is 0 Å². The zero-order chi connectivity index (χ0) is 15.3. The maximum absolute atomic E-state index is 12.3. The van der Waals surface area contributed by atoms with Crippen LogP contribution in [-0.2, 0) is 11.3 Å². The summed E-state index contributed by atoms with van der Waals surface area (Å²) < 4.78 is 5.41. The highest BCUT2D eigenvalue weighted by Gasteiger charge is 2.37. The van der Waals surface area contributed by atoms with Crippen molar-refractivity contribution in [2.45, 2.75) is 51.6 Å². The number of hydrogen-bond donors (Lipinski definition) is 2. The summed E-state index contributed by atoms with van der Waals surface area (Å²) in [6.45, 7) is 5.15. The van der Waals surface area contributed by atoms with Crippen molar-refractivity contribution in [1.82, 2.24) is 5.32 Å². The molecule has 0 aliphatic heterocycles. The van der Waals surface area contributed by atoms with Crippen LogP contribution in [0.3, 0.4) is 0 Å². The monoisotopic (exact) mass is 290 g/mol. The molecular formula is C17H26N2O2. The average molecular weight is 290 g/mol. The maximum atomic E-state index is 12.3. The van der Waals surface area contributed by atoms with Gasteiger partial charge in [-0.2, -0.15) is 0 Å². The molecule has 0 saturated heterocycles. The van der Waals surface area contributed by atoms with Crippen molar-refractivity contribution in [3.63, 3.8) is 0 Å². The van der Waals surface area contributed by atoms with Crippen molar-refractivity contribution in [1.29, 1.82) is 0 Å². The molecule has 21 heavy (non-hydrogen) atoms. The third kappa shape index (κ3) is 4.21. The van der Waals surface area contributed by atoms with Gasteiger partial charge in [0.1, 0.15) is 5.75 Å². The van der Waals surface area contributed by atoms with E-state index in [1.165, 1.54) is 0 Å². The summed E-state index contributed by atoms with van der Waals surface area (Å²) in [5.41, 5.74) is 6.96. The van der Waals surface area contributed by atoms with Crippen LogP contribution in [0.15, 0.2) is 24.3 Å². The normalized spacial score (nSPS) is 25.4. The average Bonchev–Trinajstić information content (AvgIpc) is 2.46. The van der Waals surface area contributed by atoms with Gasteiger partial charge in [0.2, 0.25) is 5.91 Å². The first kappa shape index (κ1) is 15.8. The fraction of sp³-hybridized carbons (Fsp3) is 0.588. The summed E-state index contributed by atoms with van der Waals surface area (Å²) in [7, 11) is 0. The van der Waals surface area contributed by atoms with E-state index in [2.05, 4.69) is 5.32 Å². The molecule has 0 radical (unpaired) electrons. The molecule has 4 heteroatoms. The standard InChI is InChI=1S/C17H26N2O2/c1-3-21-14-9-7-13(8-10-14)12-19-16(20)15-6-4-5-11-17(15,2)18/h7-10,15H,3-6,11-12,18H2,1-2H3,(H,19,20). The Morgan fingerprint density at radius 1 is 1.38 bits per heavy atom. The molecule has 1 saturated carbocycles. The molecule has 0 heterocycles. The molecule has 2 unspecified atom stereocenters. The Hall–Kier alpha value is -1.55. The summed E-state index contributed by atoms with van der Waals surface area (Å²) in [5, 5.41) is 3.02. The van der Waals surface area contributed by atoms with Crippen LogP contribution in [0.4, 0.5) is 0 Å². The molecule has 0 aromatic heterocycles. The number of amides is 1. The van der Waals surface area contributed by atoms with Crippen LogP contribution in [0.5, 0.6) is 5.75 Å². The van der Waals surface area contributed by atoms with Gasteiger partial charge in [0.15, 0.2) is 0 Å². The maximum Gasteiger partial charge on any atom is 0.225 e. The van der Waals surface area contributed by atoms with Gasteiger partial charge < -0.3 is 15.8 Å². The predicted molar refractivity (Wildman–Crippen MR) is 84.0 cm³/mol. The highest BCUT2D eigenvalue weighted by atomic mass is 16.5. The second kappa shape index (κ2) is 6.94. The lowest BCUT2D eigenvalue weighted by atomic mass is 9.74. The third-order valence-corrected chi connectivity index (χ3v) is 4.27. The van der Waals surface area contributed by atoms with Crippen LogP contribution in [0.1, 0.15) is 45.1 Å². The SMILES string of the molecule is CCOc1ccc(CNC(=O)C2CCCCC2(C)N)cc1. The number of carbonyl (C=O) groups is 1. The van der Waals surface area contributed by atoms with Crippen LogP contribution in [0.25, 0.3) is 0 Å². The number of hydrogen-bond acceptors (Lipinski definition) is 3. The lowest BCUT2D eigenvalue weighted by Gasteiger charge is -2.37. The van der Waals surface area contributed by atoms with E-state index in [4.69, 9.17) is 10.5 Å². The van der Waals surface area contributed by atoms with Gasteiger partial charge in [0, 0.05) is 12.1 Å². The third-order valence-electron chi connectivity index (χ3n) is 4.27. The van der Waals surface area contributed by atoms with E-state index in [0.29, 0.717) is 13.2 Å². The minimum Gasteiger partial charge on any atom is -0.494 e. The van der Waals surface area contributed by atoms with Gasteiger partial charge in [-0.1, -0.05) is 25.0 Å². The molecular weight excluding hydrogens is 264 g/mol. The zero-order valence-electron chi connectivity index (χ0n) is 13.0. The largest absolute Gasteiger partial charge is 0.494 e. The Bertz CT molecular complexity index is 468. The van der Waals surface area contributed by atoms with E-state index in [9.17, 15) is 4.79 Å². The molecule has 1 aromatic carbocycles. The van der Waals surface area contributed by atoms with Crippen LogP contribution >= 0.6 is 0 Å². The fourth-order valence-corrected chi connectivity index (χ4v) is 2.97. The highest BCUT2D eigenvalue weighted by Crippen LogP contribution is 2.31. The fourth-order valence-electron chi connectivity index (χ4n) is 2.97. The van der Waals surface area contributed by atoms with Gasteiger partial charge in [-0.15, -0.1) is 0 Å². The summed E-state index contributed by atoms with van der Waals surface area (Å²) in [5.74, 6) is 0.858. The van der Waals surface area contributed by atoms with Crippen LogP contribution < -0.4 is 15.8 Å². The second-order valence-corrected chi connectivity index (χ2v) is 6.10. The molecule has 0 spiro atoms. The van der Waals surface area contributed by atoms with Crippen molar-refractivity contribution in [3.8, 4) is 5.75 Å². The lowest BCUT2D eigenvalue weighted by Crippen LogP contribution is -2.52. The van der Waals surface area contributed by atoms with Gasteiger partial charge in [-0.3, -0.25) is 4.79 Å². The molecule has 0 bridgehead atoms.